The Balaban J connectivity index is 1.95. The van der Waals surface area contributed by atoms with Crippen LogP contribution in [-0.4, -0.2) is 20.4 Å². The molecule has 0 fully saturated rings. The van der Waals surface area contributed by atoms with Crippen molar-refractivity contribution in [3.8, 4) is 0 Å². The smallest absolute Gasteiger partial charge is 0.265 e. The van der Waals surface area contributed by atoms with E-state index in [4.69, 9.17) is 5.73 Å². The van der Waals surface area contributed by atoms with E-state index in [-0.39, 0.29) is 4.90 Å². The number of hydrogen-bond acceptors (Lipinski definition) is 3. The van der Waals surface area contributed by atoms with E-state index >= 15 is 0 Å². The molecule has 1 amide bonds. The molecular weight excluding hydrogens is 348 g/mol. The van der Waals surface area contributed by atoms with Gasteiger partial charge in [0.15, 0.2) is 0 Å². The van der Waals surface area contributed by atoms with Gasteiger partial charge in [-0.25, -0.2) is 8.42 Å². The number of anilines is 1. The molecule has 3 rings (SSSR count). The predicted octanol–water partition coefficient (Wildman–Crippen LogP) is 2.88. The highest BCUT2D eigenvalue weighted by molar-refractivity contribution is 7.93. The van der Waals surface area contributed by atoms with E-state index in [1.165, 1.54) is 4.31 Å². The van der Waals surface area contributed by atoms with Crippen LogP contribution in [0.25, 0.3) is 0 Å². The van der Waals surface area contributed by atoms with Gasteiger partial charge in [-0.05, 0) is 48.1 Å². The Kier molecular flexibility index (Phi) is 5.05. The molecule has 6 heteroatoms. The summed E-state index contributed by atoms with van der Waals surface area (Å²) < 4.78 is 27.6. The number of aryl methyl sites for hydroxylation is 1. The first-order chi connectivity index (χ1) is 12.3. The summed E-state index contributed by atoms with van der Waals surface area (Å²) in [5, 5.41) is 0. The lowest BCUT2D eigenvalue weighted by Crippen LogP contribution is -2.45. The number of fused-ring (bicyclic) bond motifs is 1. The largest absolute Gasteiger partial charge is 0.368 e. The molecule has 2 aromatic rings. The lowest BCUT2D eigenvalue weighted by atomic mass is 10.0. The Bertz CT molecular complexity index is 905. The van der Waals surface area contributed by atoms with E-state index in [1.807, 2.05) is 24.3 Å². The zero-order valence-corrected chi connectivity index (χ0v) is 15.9. The summed E-state index contributed by atoms with van der Waals surface area (Å²) in [7, 11) is -3.86. The predicted molar refractivity (Wildman–Crippen MR) is 102 cm³/mol. The van der Waals surface area contributed by atoms with Crippen molar-refractivity contribution in [2.75, 3.05) is 4.31 Å². The van der Waals surface area contributed by atoms with Crippen LogP contribution in [0.2, 0.25) is 0 Å². The highest BCUT2D eigenvalue weighted by Gasteiger charge is 2.41. The Hall–Kier alpha value is -2.34. The Morgan fingerprint density at radius 2 is 1.81 bits per heavy atom. The van der Waals surface area contributed by atoms with Crippen LogP contribution in [0.4, 0.5) is 5.69 Å². The van der Waals surface area contributed by atoms with Crippen molar-refractivity contribution >= 4 is 21.6 Å². The summed E-state index contributed by atoms with van der Waals surface area (Å²) in [4.78, 5) is 12.1. The highest BCUT2D eigenvalue weighted by atomic mass is 32.2. The molecule has 138 valence electrons. The van der Waals surface area contributed by atoms with Gasteiger partial charge in [0.1, 0.15) is 6.04 Å². The summed E-state index contributed by atoms with van der Waals surface area (Å²) in [6, 6.07) is 13.2. The average molecular weight is 372 g/mol. The molecule has 1 atom stereocenters. The van der Waals surface area contributed by atoms with Crippen LogP contribution in [0, 0.1) is 5.92 Å². The number of hydrogen-bond donors (Lipinski definition) is 1. The molecule has 0 spiro atoms. The molecule has 0 saturated heterocycles. The monoisotopic (exact) mass is 372 g/mol. The molecule has 26 heavy (non-hydrogen) atoms. The molecule has 1 aliphatic heterocycles. The molecule has 2 N–H and O–H groups in total. The number of carbonyl (C=O) groups is 1. The van der Waals surface area contributed by atoms with Gasteiger partial charge in [0.2, 0.25) is 5.91 Å². The van der Waals surface area contributed by atoms with Crippen molar-refractivity contribution in [3.63, 3.8) is 0 Å². The van der Waals surface area contributed by atoms with Crippen molar-refractivity contribution in [3.05, 3.63) is 59.7 Å². The summed E-state index contributed by atoms with van der Waals surface area (Å²) in [5.41, 5.74) is 7.93. The minimum atomic E-state index is -3.86. The van der Waals surface area contributed by atoms with Gasteiger partial charge in [-0.2, -0.15) is 0 Å². The van der Waals surface area contributed by atoms with Gasteiger partial charge in [-0.15, -0.1) is 0 Å². The Morgan fingerprint density at radius 3 is 2.42 bits per heavy atom. The Morgan fingerprint density at radius 1 is 1.15 bits per heavy atom. The molecule has 0 unspecified atom stereocenters. The minimum absolute atomic E-state index is 0.175. The van der Waals surface area contributed by atoms with Crippen molar-refractivity contribution in [1.82, 2.24) is 0 Å². The fourth-order valence-corrected chi connectivity index (χ4v) is 4.93. The van der Waals surface area contributed by atoms with Crippen LogP contribution in [-0.2, 0) is 27.7 Å². The third kappa shape index (κ3) is 3.46. The fraction of sp³-hybridized carbons (Fsp3) is 0.350. The van der Waals surface area contributed by atoms with Gasteiger partial charge in [-0.3, -0.25) is 9.10 Å². The van der Waals surface area contributed by atoms with E-state index in [1.54, 1.807) is 24.3 Å². The first kappa shape index (κ1) is 18.5. The first-order valence-electron chi connectivity index (χ1n) is 8.81. The highest BCUT2D eigenvalue weighted by Crippen LogP contribution is 2.36. The van der Waals surface area contributed by atoms with Crippen molar-refractivity contribution < 1.29 is 13.2 Å². The summed E-state index contributed by atoms with van der Waals surface area (Å²) >= 11 is 0. The number of benzene rings is 2. The SMILES string of the molecule is CC(C)CCc1ccc(S(=O)(=O)N2c3ccccc3C[C@H]2C(N)=O)cc1. The van der Waals surface area contributed by atoms with E-state index in [0.717, 1.165) is 24.0 Å². The number of nitrogens with zero attached hydrogens (tertiary/aromatic N) is 1. The van der Waals surface area contributed by atoms with E-state index in [2.05, 4.69) is 13.8 Å². The van der Waals surface area contributed by atoms with Crippen LogP contribution in [0.5, 0.6) is 0 Å². The van der Waals surface area contributed by atoms with Crippen molar-refractivity contribution in [2.45, 2.75) is 44.0 Å². The van der Waals surface area contributed by atoms with Crippen molar-refractivity contribution in [2.24, 2.45) is 11.7 Å². The van der Waals surface area contributed by atoms with E-state index in [9.17, 15) is 13.2 Å². The third-order valence-corrected chi connectivity index (χ3v) is 6.58. The average Bonchev–Trinajstić information content (AvgIpc) is 3.01. The molecule has 5 nitrogen and oxygen atoms in total. The number of rotatable bonds is 6. The number of sulfonamides is 1. The van der Waals surface area contributed by atoms with Crippen LogP contribution >= 0.6 is 0 Å². The number of nitrogens with two attached hydrogens (primary N) is 1. The third-order valence-electron chi connectivity index (χ3n) is 4.74. The van der Waals surface area contributed by atoms with E-state index < -0.39 is 22.0 Å². The fourth-order valence-electron chi connectivity index (χ4n) is 3.27. The first-order valence-corrected chi connectivity index (χ1v) is 10.3. The lowest BCUT2D eigenvalue weighted by molar-refractivity contribution is -0.118. The normalized spacial score (nSPS) is 16.7. The molecule has 0 bridgehead atoms. The molecule has 0 saturated carbocycles. The molecule has 1 heterocycles. The van der Waals surface area contributed by atoms with Crippen LogP contribution in [0.3, 0.4) is 0 Å². The lowest BCUT2D eigenvalue weighted by Gasteiger charge is -2.25. The topological polar surface area (TPSA) is 80.5 Å². The molecule has 0 aliphatic carbocycles. The second kappa shape index (κ2) is 7.11. The second-order valence-electron chi connectivity index (χ2n) is 7.13. The summed E-state index contributed by atoms with van der Waals surface area (Å²) in [5.74, 6) is -0.0471. The standard InChI is InChI=1S/C20H24N2O3S/c1-14(2)7-8-15-9-11-17(12-10-15)26(24,25)22-18-6-4-3-5-16(18)13-19(22)20(21)23/h3-6,9-12,14,19H,7-8,13H2,1-2H3,(H2,21,23)/t19-/m0/s1. The second-order valence-corrected chi connectivity index (χ2v) is 8.94. The quantitative estimate of drug-likeness (QED) is 0.847. The van der Waals surface area contributed by atoms with Crippen molar-refractivity contribution in [1.29, 1.82) is 0 Å². The maximum atomic E-state index is 13.2. The van der Waals surface area contributed by atoms with Crippen LogP contribution in [0.1, 0.15) is 31.4 Å². The molecular formula is C20H24N2O3S. The van der Waals surface area contributed by atoms with Gasteiger partial charge in [-0.1, -0.05) is 44.2 Å². The van der Waals surface area contributed by atoms with Crippen LogP contribution in [0.15, 0.2) is 53.4 Å². The summed E-state index contributed by atoms with van der Waals surface area (Å²) in [6.45, 7) is 4.32. The maximum Gasteiger partial charge on any atom is 0.265 e. The van der Waals surface area contributed by atoms with Gasteiger partial charge in [0.05, 0.1) is 10.6 Å². The van der Waals surface area contributed by atoms with Crippen LogP contribution < -0.4 is 10.0 Å². The maximum absolute atomic E-state index is 13.2. The van der Waals surface area contributed by atoms with E-state index in [0.29, 0.717) is 18.0 Å². The number of carbonyl (C=O) groups excluding carboxylic acids is 1. The van der Waals surface area contributed by atoms with Gasteiger partial charge >= 0.3 is 0 Å². The van der Waals surface area contributed by atoms with Gasteiger partial charge in [0, 0.05) is 6.42 Å². The zero-order chi connectivity index (χ0) is 18.9. The van der Waals surface area contributed by atoms with Gasteiger partial charge < -0.3 is 5.73 Å². The number of primary amides is 1. The minimum Gasteiger partial charge on any atom is -0.368 e. The Labute approximate surface area is 154 Å². The molecule has 0 radical (unpaired) electrons. The molecule has 2 aromatic carbocycles. The summed E-state index contributed by atoms with van der Waals surface area (Å²) in [6.07, 6.45) is 2.26. The number of amides is 1. The number of para-hydroxylation sites is 1. The molecule has 1 aliphatic rings. The molecule has 0 aromatic heterocycles. The van der Waals surface area contributed by atoms with Gasteiger partial charge in [0.25, 0.3) is 10.0 Å². The zero-order valence-electron chi connectivity index (χ0n) is 15.1.